The number of nitrogens with one attached hydrogen (secondary N) is 1. The first-order valence-corrected chi connectivity index (χ1v) is 5.58. The molecule has 3 heteroatoms. The van der Waals surface area contributed by atoms with Gasteiger partial charge in [0.2, 0.25) is 0 Å². The zero-order valence-corrected chi connectivity index (χ0v) is 9.32. The van der Waals surface area contributed by atoms with Crippen molar-refractivity contribution in [1.82, 2.24) is 0 Å². The molecule has 68 valence electrons. The van der Waals surface area contributed by atoms with Crippen LogP contribution in [0.5, 0.6) is 0 Å². The molecule has 13 heavy (non-hydrogen) atoms. The third-order valence-corrected chi connectivity index (χ3v) is 3.01. The molecule has 1 aromatic rings. The van der Waals surface area contributed by atoms with Crippen LogP contribution in [0, 0.1) is 0 Å². The largest absolute Gasteiger partial charge is 0.381 e. The van der Waals surface area contributed by atoms with Gasteiger partial charge in [-0.1, -0.05) is 39.7 Å². The average Bonchev–Trinajstić information content (AvgIpc) is 2.17. The number of hydrogen-bond acceptors (Lipinski definition) is 1. The lowest BCUT2D eigenvalue weighted by molar-refractivity contribution is 1.21. The van der Waals surface area contributed by atoms with Crippen LogP contribution in [-0.2, 0) is 0 Å². The fraction of sp³-hybridized carbons (Fsp3) is 0.200. The van der Waals surface area contributed by atoms with E-state index < -0.39 is 0 Å². The molecule has 1 nitrogen and oxygen atoms in total. The van der Waals surface area contributed by atoms with Gasteiger partial charge in [-0.2, -0.15) is 0 Å². The van der Waals surface area contributed by atoms with E-state index in [4.69, 9.17) is 11.6 Å². The second-order valence-corrected chi connectivity index (χ2v) is 4.02. The minimum Gasteiger partial charge on any atom is -0.381 e. The van der Waals surface area contributed by atoms with Gasteiger partial charge in [-0.25, -0.2) is 0 Å². The summed E-state index contributed by atoms with van der Waals surface area (Å²) in [5, 5.41) is 5.02. The lowest BCUT2D eigenvalue weighted by atomic mass is 10.1. The Balaban J connectivity index is 2.42. The molecule has 0 spiro atoms. The predicted molar refractivity (Wildman–Crippen MR) is 61.7 cm³/mol. The Labute approximate surface area is 90.9 Å². The quantitative estimate of drug-likeness (QED) is 0.760. The smallest absolute Gasteiger partial charge is 0.0431 e. The topological polar surface area (TPSA) is 12.0 Å². The maximum atomic E-state index is 5.88. The fourth-order valence-corrected chi connectivity index (χ4v) is 1.91. The molecule has 0 unspecified atom stereocenters. The van der Waals surface area contributed by atoms with Crippen molar-refractivity contribution in [3.8, 4) is 0 Å². The zero-order valence-electron chi connectivity index (χ0n) is 6.98. The maximum absolute atomic E-state index is 5.88. The summed E-state index contributed by atoms with van der Waals surface area (Å²) in [6.45, 7) is 0.901. The van der Waals surface area contributed by atoms with Gasteiger partial charge in [0.1, 0.15) is 0 Å². The average molecular weight is 259 g/mol. The Morgan fingerprint density at radius 1 is 1.46 bits per heavy atom. The Morgan fingerprint density at radius 3 is 3.08 bits per heavy atom. The summed E-state index contributed by atoms with van der Waals surface area (Å²) in [6, 6.07) is 5.90. The second kappa shape index (κ2) is 3.72. The van der Waals surface area contributed by atoms with Crippen LogP contribution in [0.2, 0.25) is 5.02 Å². The lowest BCUT2D eigenvalue weighted by Gasteiger charge is -2.17. The van der Waals surface area contributed by atoms with Crippen molar-refractivity contribution in [2.75, 3.05) is 17.2 Å². The van der Waals surface area contributed by atoms with Crippen molar-refractivity contribution in [3.63, 3.8) is 0 Å². The van der Waals surface area contributed by atoms with Gasteiger partial charge in [-0.05, 0) is 23.3 Å². The predicted octanol–water partition coefficient (Wildman–Crippen LogP) is 3.54. The summed E-state index contributed by atoms with van der Waals surface area (Å²) in [5.41, 5.74) is 3.69. The Kier molecular flexibility index (Phi) is 2.61. The van der Waals surface area contributed by atoms with E-state index in [9.17, 15) is 0 Å². The summed E-state index contributed by atoms with van der Waals surface area (Å²) in [6.07, 6.45) is 2.19. The highest BCUT2D eigenvalue weighted by Crippen LogP contribution is 2.27. The number of alkyl halides is 1. The van der Waals surface area contributed by atoms with Gasteiger partial charge >= 0.3 is 0 Å². The monoisotopic (exact) mass is 257 g/mol. The number of anilines is 1. The Bertz CT molecular complexity index is 360. The molecule has 0 aliphatic carbocycles. The molecule has 2 rings (SSSR count). The summed E-state index contributed by atoms with van der Waals surface area (Å²) < 4.78 is 0. The molecule has 0 radical (unpaired) electrons. The van der Waals surface area contributed by atoms with Crippen LogP contribution in [0.3, 0.4) is 0 Å². The minimum absolute atomic E-state index is 0.780. The molecular formula is C10H9BrClN. The number of halogens is 2. The summed E-state index contributed by atoms with van der Waals surface area (Å²) >= 11 is 9.32. The molecule has 0 amide bonds. The molecule has 1 N–H and O–H groups in total. The number of fused-ring (bicyclic) bond motifs is 1. The molecule has 0 aromatic heterocycles. The molecule has 1 heterocycles. The van der Waals surface area contributed by atoms with Gasteiger partial charge in [0, 0.05) is 22.6 Å². The van der Waals surface area contributed by atoms with E-state index in [0.717, 1.165) is 22.6 Å². The van der Waals surface area contributed by atoms with Crippen LogP contribution in [0.4, 0.5) is 5.69 Å². The normalized spacial score (nSPS) is 14.5. The molecule has 1 aromatic carbocycles. The molecule has 0 fully saturated rings. The standard InChI is InChI=1S/C10H9BrClN/c11-5-7-3-8-1-2-9(12)4-10(8)13-6-7/h1-4,13H,5-6H2. The van der Waals surface area contributed by atoms with Gasteiger partial charge in [-0.15, -0.1) is 0 Å². The highest BCUT2D eigenvalue weighted by molar-refractivity contribution is 9.09. The third-order valence-electron chi connectivity index (χ3n) is 2.05. The van der Waals surface area contributed by atoms with Crippen molar-refractivity contribution in [3.05, 3.63) is 34.4 Å². The van der Waals surface area contributed by atoms with Crippen LogP contribution in [0.1, 0.15) is 5.56 Å². The van der Waals surface area contributed by atoms with Crippen LogP contribution in [-0.4, -0.2) is 11.9 Å². The van der Waals surface area contributed by atoms with Crippen molar-refractivity contribution < 1.29 is 0 Å². The van der Waals surface area contributed by atoms with Crippen LogP contribution in [0.15, 0.2) is 23.8 Å². The van der Waals surface area contributed by atoms with Crippen molar-refractivity contribution in [2.24, 2.45) is 0 Å². The van der Waals surface area contributed by atoms with E-state index in [1.165, 1.54) is 11.1 Å². The minimum atomic E-state index is 0.780. The van der Waals surface area contributed by atoms with Crippen LogP contribution >= 0.6 is 27.5 Å². The molecule has 0 saturated carbocycles. The van der Waals surface area contributed by atoms with Crippen molar-refractivity contribution in [1.29, 1.82) is 0 Å². The molecule has 1 aliphatic heterocycles. The first kappa shape index (κ1) is 9.10. The van der Waals surface area contributed by atoms with Gasteiger partial charge < -0.3 is 5.32 Å². The molecule has 0 atom stereocenters. The highest BCUT2D eigenvalue weighted by atomic mass is 79.9. The van der Waals surface area contributed by atoms with E-state index >= 15 is 0 Å². The number of benzene rings is 1. The Hall–Kier alpha value is -0.470. The van der Waals surface area contributed by atoms with E-state index in [2.05, 4.69) is 27.3 Å². The van der Waals surface area contributed by atoms with Crippen LogP contribution < -0.4 is 5.32 Å². The lowest BCUT2D eigenvalue weighted by Crippen LogP contribution is -2.11. The van der Waals surface area contributed by atoms with Crippen molar-refractivity contribution in [2.45, 2.75) is 0 Å². The van der Waals surface area contributed by atoms with E-state index in [1.54, 1.807) is 0 Å². The summed E-state index contributed by atoms with van der Waals surface area (Å²) in [5.74, 6) is 0. The van der Waals surface area contributed by atoms with Crippen molar-refractivity contribution >= 4 is 39.3 Å². The van der Waals surface area contributed by atoms with Gasteiger partial charge in [0.15, 0.2) is 0 Å². The summed E-state index contributed by atoms with van der Waals surface area (Å²) in [7, 11) is 0. The second-order valence-electron chi connectivity index (χ2n) is 3.02. The molecule has 1 aliphatic rings. The van der Waals surface area contributed by atoms with Gasteiger partial charge in [-0.3, -0.25) is 0 Å². The fourth-order valence-electron chi connectivity index (χ4n) is 1.37. The van der Waals surface area contributed by atoms with Gasteiger partial charge in [0.25, 0.3) is 0 Å². The SMILES string of the molecule is Clc1ccc2c(c1)NCC(CBr)=C2. The van der Waals surface area contributed by atoms with Gasteiger partial charge in [0.05, 0.1) is 0 Å². The van der Waals surface area contributed by atoms with E-state index in [1.807, 2.05) is 18.2 Å². The first-order chi connectivity index (χ1) is 6.29. The molecule has 0 bridgehead atoms. The number of hydrogen-bond donors (Lipinski definition) is 1. The highest BCUT2D eigenvalue weighted by Gasteiger charge is 2.08. The maximum Gasteiger partial charge on any atom is 0.0431 e. The molecule has 0 saturated heterocycles. The zero-order chi connectivity index (χ0) is 9.26. The number of rotatable bonds is 1. The van der Waals surface area contributed by atoms with E-state index in [0.29, 0.717) is 0 Å². The Morgan fingerprint density at radius 2 is 2.31 bits per heavy atom. The third kappa shape index (κ3) is 1.89. The first-order valence-electron chi connectivity index (χ1n) is 4.08. The van der Waals surface area contributed by atoms with Crippen LogP contribution in [0.25, 0.3) is 6.08 Å². The van der Waals surface area contributed by atoms with E-state index in [-0.39, 0.29) is 0 Å². The summed E-state index contributed by atoms with van der Waals surface area (Å²) in [4.78, 5) is 0. The molecular weight excluding hydrogens is 249 g/mol.